The number of benzene rings is 2. The van der Waals surface area contributed by atoms with E-state index in [4.69, 9.17) is 0 Å². The van der Waals surface area contributed by atoms with E-state index in [1.165, 1.54) is 23.1 Å². The number of likely N-dealkylation sites (tertiary alicyclic amines) is 1. The molecular weight excluding hydrogens is 364 g/mol. The smallest absolute Gasteiger partial charge is 0.246 e. The highest BCUT2D eigenvalue weighted by Crippen LogP contribution is 2.33. The number of nitrogens with one attached hydrogen (secondary N) is 1. The molecule has 1 aliphatic heterocycles. The Kier molecular flexibility index (Phi) is 4.60. The molecule has 148 valence electrons. The van der Waals surface area contributed by atoms with Gasteiger partial charge in [0.25, 0.3) is 0 Å². The summed E-state index contributed by atoms with van der Waals surface area (Å²) in [7, 11) is 1.98. The summed E-state index contributed by atoms with van der Waals surface area (Å²) < 4.78 is 28.1. The Morgan fingerprint density at radius 2 is 1.89 bits per heavy atom. The minimum absolute atomic E-state index is 0. The first-order valence-electron chi connectivity index (χ1n) is 8.99. The first kappa shape index (κ1) is 18.5. The van der Waals surface area contributed by atoms with Gasteiger partial charge in [0.05, 0.1) is 5.69 Å². The van der Waals surface area contributed by atoms with Crippen molar-refractivity contribution in [1.29, 1.82) is 0 Å². The summed E-state index contributed by atoms with van der Waals surface area (Å²) in [4.78, 5) is 6.25. The van der Waals surface area contributed by atoms with Gasteiger partial charge in [-0.2, -0.15) is 4.98 Å². The average molecular weight is 387 g/mol. The second kappa shape index (κ2) is 6.96. The number of nitrogens with zero attached hydrogens (tertiary/aromatic N) is 4. The molecule has 1 aliphatic rings. The van der Waals surface area contributed by atoms with Gasteiger partial charge >= 0.3 is 0 Å². The Bertz CT molecular complexity index is 1010. The molecule has 1 unspecified atom stereocenters. The molecule has 1 fully saturated rings. The van der Waals surface area contributed by atoms with Crippen LogP contribution in [0.25, 0.3) is 5.69 Å². The molecule has 2 N–H and O–H groups in total. The molecular formula is C20H23F2N5O. The quantitative estimate of drug-likeness (QED) is 0.719. The summed E-state index contributed by atoms with van der Waals surface area (Å²) in [6, 6.07) is 8.95. The van der Waals surface area contributed by atoms with Gasteiger partial charge in [0.2, 0.25) is 5.95 Å². The molecule has 2 heterocycles. The number of anilines is 2. The monoisotopic (exact) mass is 387 g/mol. The average Bonchev–Trinajstić information content (AvgIpc) is 3.21. The number of halogens is 2. The molecule has 3 aromatic rings. The zero-order valence-electron chi connectivity index (χ0n) is 15.7. The third-order valence-electron chi connectivity index (χ3n) is 4.91. The zero-order valence-corrected chi connectivity index (χ0v) is 15.7. The number of aryl methyl sites for hydroxylation is 1. The van der Waals surface area contributed by atoms with E-state index in [2.05, 4.69) is 20.3 Å². The molecule has 0 spiro atoms. The van der Waals surface area contributed by atoms with E-state index in [0.29, 0.717) is 13.0 Å². The van der Waals surface area contributed by atoms with Gasteiger partial charge in [-0.15, -0.1) is 5.10 Å². The van der Waals surface area contributed by atoms with Crippen LogP contribution in [0.1, 0.15) is 19.0 Å². The van der Waals surface area contributed by atoms with Crippen LogP contribution in [-0.2, 0) is 5.60 Å². The van der Waals surface area contributed by atoms with Crippen molar-refractivity contribution in [3.8, 4) is 5.69 Å². The van der Waals surface area contributed by atoms with Gasteiger partial charge < -0.3 is 15.3 Å². The second-order valence-corrected chi connectivity index (χ2v) is 7.37. The lowest BCUT2D eigenvalue weighted by Gasteiger charge is -2.24. The normalized spacial score (nSPS) is 19.9. The Morgan fingerprint density at radius 3 is 2.57 bits per heavy atom. The lowest BCUT2D eigenvalue weighted by molar-refractivity contribution is 0.0489. The van der Waals surface area contributed by atoms with Crippen LogP contribution in [0, 0.1) is 18.6 Å². The fourth-order valence-corrected chi connectivity index (χ4v) is 3.59. The highest BCUT2D eigenvalue weighted by atomic mass is 19.1. The van der Waals surface area contributed by atoms with Crippen LogP contribution >= 0.6 is 0 Å². The van der Waals surface area contributed by atoms with Gasteiger partial charge in [0, 0.05) is 26.3 Å². The van der Waals surface area contributed by atoms with Gasteiger partial charge in [-0.1, -0.05) is 6.07 Å². The van der Waals surface area contributed by atoms with Crippen LogP contribution in [0.2, 0.25) is 0 Å². The Labute approximate surface area is 162 Å². The maximum absolute atomic E-state index is 13.4. The van der Waals surface area contributed by atoms with E-state index >= 15 is 0 Å². The topological polar surface area (TPSA) is 66.2 Å². The number of aliphatic hydroxyl groups is 1. The predicted molar refractivity (Wildman–Crippen MR) is 104 cm³/mol. The number of aromatic nitrogens is 3. The highest BCUT2D eigenvalue weighted by molar-refractivity contribution is 5.57. The maximum Gasteiger partial charge on any atom is 0.246 e. The molecule has 0 amide bonds. The summed E-state index contributed by atoms with van der Waals surface area (Å²) in [6.07, 6.45) is 2.05. The summed E-state index contributed by atoms with van der Waals surface area (Å²) in [5, 5.41) is 18.3. The van der Waals surface area contributed by atoms with E-state index < -0.39 is 17.2 Å². The number of hydrogen-bond acceptors (Lipinski definition) is 5. The van der Waals surface area contributed by atoms with Crippen molar-refractivity contribution in [3.05, 3.63) is 65.5 Å². The number of hydrogen-bond donors (Lipinski definition) is 2. The first-order chi connectivity index (χ1) is 13.3. The number of likely N-dealkylation sites (N-methyl/N-ethyl adjacent to an activating group) is 1. The maximum atomic E-state index is 13.4. The Balaban J connectivity index is 0.00000240. The minimum atomic E-state index is -0.886. The summed E-state index contributed by atoms with van der Waals surface area (Å²) in [6.45, 7) is 3.37. The van der Waals surface area contributed by atoms with Crippen molar-refractivity contribution in [2.75, 3.05) is 25.5 Å². The fraction of sp³-hybridized carbons (Fsp3) is 0.300. The molecule has 0 radical (unpaired) electrons. The van der Waals surface area contributed by atoms with E-state index in [-0.39, 0.29) is 13.1 Å². The van der Waals surface area contributed by atoms with Crippen molar-refractivity contribution >= 4 is 11.6 Å². The molecule has 8 heteroatoms. The first-order valence-corrected chi connectivity index (χ1v) is 8.99. The van der Waals surface area contributed by atoms with Crippen molar-refractivity contribution in [1.82, 2.24) is 19.7 Å². The lowest BCUT2D eigenvalue weighted by atomic mass is 9.91. The highest BCUT2D eigenvalue weighted by Gasteiger charge is 2.36. The molecule has 2 aromatic carbocycles. The van der Waals surface area contributed by atoms with Crippen LogP contribution in [-0.4, -0.2) is 44.9 Å². The molecule has 1 saturated heterocycles. The van der Waals surface area contributed by atoms with Gasteiger partial charge in [0.15, 0.2) is 0 Å². The number of β-amino-alcohol motifs (C(OH)–C–C–N with tert-alkyl or cyclic N) is 1. The largest absolute Gasteiger partial charge is 0.384 e. The third-order valence-corrected chi connectivity index (χ3v) is 4.91. The molecule has 28 heavy (non-hydrogen) atoms. The van der Waals surface area contributed by atoms with Crippen LogP contribution in [0.5, 0.6) is 0 Å². The molecule has 4 rings (SSSR count). The van der Waals surface area contributed by atoms with Crippen molar-refractivity contribution in [3.63, 3.8) is 0 Å². The molecule has 1 aromatic heterocycles. The van der Waals surface area contributed by atoms with E-state index in [0.717, 1.165) is 29.4 Å². The van der Waals surface area contributed by atoms with Gasteiger partial charge in [-0.05, 0) is 55.8 Å². The third kappa shape index (κ3) is 3.74. The molecule has 0 saturated carbocycles. The Hall–Kier alpha value is -2.84. The molecule has 0 aliphatic carbocycles. The molecule has 1 atom stereocenters. The van der Waals surface area contributed by atoms with Gasteiger partial charge in [-0.25, -0.2) is 13.5 Å². The lowest BCUT2D eigenvalue weighted by Crippen LogP contribution is -2.29. The summed E-state index contributed by atoms with van der Waals surface area (Å²) >= 11 is 0. The van der Waals surface area contributed by atoms with Gasteiger partial charge in [0.1, 0.15) is 23.6 Å². The van der Waals surface area contributed by atoms with Crippen LogP contribution in [0.15, 0.2) is 42.7 Å². The zero-order chi connectivity index (χ0) is 19.9. The van der Waals surface area contributed by atoms with Gasteiger partial charge in [-0.3, -0.25) is 0 Å². The van der Waals surface area contributed by atoms with Crippen LogP contribution in [0.3, 0.4) is 0 Å². The van der Waals surface area contributed by atoms with Crippen LogP contribution < -0.4 is 5.32 Å². The fourth-order valence-electron chi connectivity index (χ4n) is 3.59. The Morgan fingerprint density at radius 1 is 1.14 bits per heavy atom. The van der Waals surface area contributed by atoms with E-state index in [1.807, 2.05) is 32.2 Å². The molecule has 0 bridgehead atoms. The van der Waals surface area contributed by atoms with E-state index in [1.54, 1.807) is 0 Å². The predicted octanol–water partition coefficient (Wildman–Crippen LogP) is 3.37. The SMILES string of the molecule is Cc1cc(Nc2ncn(-c3cc(F)cc(F)c3)n2)cc(C2(O)CCN(C)C2)c1.[HH]. The standard InChI is InChI=1S/C20H21F2N5O.H2/c1-13-5-14(20(28)3-4-26(2)11-20)7-17(6-13)24-19-23-12-27(25-19)18-9-15(21)8-16(22)10-18;/h5-10,12,28H,3-4,11H2,1-2H3,(H,24,25);1H. The van der Waals surface area contributed by atoms with E-state index in [9.17, 15) is 13.9 Å². The summed E-state index contributed by atoms with van der Waals surface area (Å²) in [5.74, 6) is -1.08. The van der Waals surface area contributed by atoms with Crippen molar-refractivity contribution < 1.29 is 15.3 Å². The molecule has 6 nitrogen and oxygen atoms in total. The number of rotatable bonds is 4. The van der Waals surface area contributed by atoms with Crippen molar-refractivity contribution in [2.45, 2.75) is 18.9 Å². The van der Waals surface area contributed by atoms with Crippen molar-refractivity contribution in [2.24, 2.45) is 0 Å². The summed E-state index contributed by atoms with van der Waals surface area (Å²) in [5.41, 5.74) is 1.93. The second-order valence-electron chi connectivity index (χ2n) is 7.37. The van der Waals surface area contributed by atoms with Crippen LogP contribution in [0.4, 0.5) is 20.4 Å². The minimum Gasteiger partial charge on any atom is -0.384 e.